The number of rotatable bonds is 12. The van der Waals surface area contributed by atoms with Gasteiger partial charge in [0, 0.05) is 137 Å². The maximum absolute atomic E-state index is 14.1. The molecule has 2 saturated heterocycles. The molecule has 2 saturated carbocycles. The van der Waals surface area contributed by atoms with E-state index in [4.69, 9.17) is 0 Å². The van der Waals surface area contributed by atoms with Crippen LogP contribution in [0.1, 0.15) is 119 Å². The van der Waals surface area contributed by atoms with Gasteiger partial charge in [-0.25, -0.2) is 26.3 Å². The van der Waals surface area contributed by atoms with Gasteiger partial charge in [-0.05, 0) is 96.5 Å². The summed E-state index contributed by atoms with van der Waals surface area (Å²) in [6.07, 6.45) is 16.0. The number of piperazine rings is 2. The number of fused-ring (bicyclic) bond motifs is 10. The summed E-state index contributed by atoms with van der Waals surface area (Å²) in [5, 5.41) is 2.02. The number of benzene rings is 4. The molecule has 0 bridgehead atoms. The summed E-state index contributed by atoms with van der Waals surface area (Å²) in [6, 6.07) is 26.9. The quantitative estimate of drug-likeness (QED) is 0.132. The molecule has 6 aromatic rings. The number of sulfonamides is 2. The van der Waals surface area contributed by atoms with Crippen LogP contribution in [-0.4, -0.2) is 187 Å². The first kappa shape index (κ1) is 64.7. The zero-order chi connectivity index (χ0) is 64.2. The first-order valence-corrected chi connectivity index (χ1v) is 37.5. The fourth-order valence-electron chi connectivity index (χ4n) is 14.1. The summed E-state index contributed by atoms with van der Waals surface area (Å²) < 4.78 is 111. The zero-order valence-corrected chi connectivity index (χ0v) is 55.1. The van der Waals surface area contributed by atoms with Crippen LogP contribution in [0, 0.1) is 5.92 Å². The number of hydrogen-bond acceptors (Lipinski definition) is 12. The van der Waals surface area contributed by atoms with E-state index in [0.717, 1.165) is 115 Å². The number of hydrogen-bond donors (Lipinski definition) is 2. The van der Waals surface area contributed by atoms with E-state index < -0.39 is 58.2 Å². The lowest BCUT2D eigenvalue weighted by molar-refractivity contribution is -0.137. The lowest BCUT2D eigenvalue weighted by Gasteiger charge is -2.35. The number of nitrogens with one attached hydrogen (secondary N) is 2. The second-order valence-corrected chi connectivity index (χ2v) is 32.8. The molecule has 4 fully saturated rings. The van der Waals surface area contributed by atoms with E-state index >= 15 is 0 Å². The van der Waals surface area contributed by atoms with Crippen LogP contribution in [0.15, 0.2) is 90.5 Å². The maximum Gasteiger partial charge on any atom is 0.303 e. The van der Waals surface area contributed by atoms with Gasteiger partial charge >= 0.3 is 20.4 Å². The van der Waals surface area contributed by atoms with Gasteiger partial charge in [0.2, 0.25) is 26.0 Å². The van der Waals surface area contributed by atoms with Gasteiger partial charge in [0.15, 0.2) is 0 Å². The highest BCUT2D eigenvalue weighted by Crippen LogP contribution is 2.49. The molecule has 1 unspecified atom stereocenters. The molecule has 26 heteroatoms. The number of carbonyl (C=O) groups excluding carboxylic acids is 4. The lowest BCUT2D eigenvalue weighted by atomic mass is 9.81. The van der Waals surface area contributed by atoms with Crippen LogP contribution in [-0.2, 0) is 69.6 Å². The Morgan fingerprint density at radius 2 is 0.956 bits per heavy atom. The van der Waals surface area contributed by atoms with Crippen molar-refractivity contribution in [3.8, 4) is 22.5 Å². The Morgan fingerprint density at radius 3 is 1.44 bits per heavy atom. The predicted octanol–water partition coefficient (Wildman–Crippen LogP) is 6.56. The molecule has 4 aliphatic heterocycles. The molecule has 2 N–H and O–H groups in total. The summed E-state index contributed by atoms with van der Waals surface area (Å²) in [5.41, 5.74) is 11.2. The molecular weight excluding hydrogens is 1230 g/mol. The molecule has 4 aromatic carbocycles. The van der Waals surface area contributed by atoms with E-state index in [2.05, 4.69) is 36.8 Å². The summed E-state index contributed by atoms with van der Waals surface area (Å²) in [4.78, 5) is 58.1. The average molecular weight is 1310 g/mol. The monoisotopic (exact) mass is 1310 g/mol. The normalized spacial score (nSPS) is 19.2. The second-order valence-electron chi connectivity index (χ2n) is 25.0. The molecule has 482 valence electrons. The van der Waals surface area contributed by atoms with Crippen LogP contribution in [0.3, 0.4) is 0 Å². The SMILES string of the molecule is CN(C)S(=O)(=O)NC(=O)c1ccc2c(C3CCCCC3)c3n(c2c1)CC(C(=O)N1CCN(S(C)(=O)=O)CC1)=Cc1ccccc1-3.CN(C)S(=O)(=O)NC(=O)c1ccc2c(C3CCCCC3)c3n(c2c1)CC(C(=O)N1CCN(S(C)(=O)=O)CC1)Cc1ccccc1-3. The van der Waals surface area contributed by atoms with Crippen molar-refractivity contribution in [1.29, 1.82) is 0 Å². The topological polar surface area (TPSA) is 258 Å². The van der Waals surface area contributed by atoms with Crippen LogP contribution in [0.4, 0.5) is 0 Å². The number of nitrogens with zero attached hydrogens (tertiary/aromatic N) is 8. The summed E-state index contributed by atoms with van der Waals surface area (Å²) in [5.74, 6) is -1.39. The first-order chi connectivity index (χ1) is 42.7. The van der Waals surface area contributed by atoms with E-state index in [0.29, 0.717) is 56.6 Å². The Kier molecular flexibility index (Phi) is 18.5. The second kappa shape index (κ2) is 25.7. The molecule has 0 radical (unpaired) electrons. The molecule has 2 aliphatic carbocycles. The fourth-order valence-corrected chi connectivity index (χ4v) is 16.8. The summed E-state index contributed by atoms with van der Waals surface area (Å²) >= 11 is 0. The van der Waals surface area contributed by atoms with Crippen molar-refractivity contribution in [2.45, 2.75) is 95.6 Å². The van der Waals surface area contributed by atoms with Crippen LogP contribution in [0.5, 0.6) is 0 Å². The predicted molar refractivity (Wildman–Crippen MR) is 348 cm³/mol. The Labute approximate surface area is 528 Å². The molecule has 6 aliphatic rings. The third-order valence-corrected chi connectivity index (χ3v) is 24.2. The molecule has 1 atom stereocenters. The molecule has 6 heterocycles. The summed E-state index contributed by atoms with van der Waals surface area (Å²) in [6.45, 7) is 2.92. The fraction of sp³-hybridized carbons (Fsp3) is 0.469. The minimum Gasteiger partial charge on any atom is -0.340 e. The highest BCUT2D eigenvalue weighted by molar-refractivity contribution is 7.88. The number of amides is 4. The van der Waals surface area contributed by atoms with Gasteiger partial charge in [0.25, 0.3) is 17.7 Å². The Hall–Kier alpha value is -6.78. The van der Waals surface area contributed by atoms with Gasteiger partial charge in [-0.15, -0.1) is 0 Å². The van der Waals surface area contributed by atoms with Gasteiger partial charge in [-0.3, -0.25) is 19.2 Å². The average Bonchev–Trinajstić information content (AvgIpc) is 1.59. The third-order valence-electron chi connectivity index (χ3n) is 18.8. The molecule has 12 rings (SSSR count). The van der Waals surface area contributed by atoms with Crippen molar-refractivity contribution in [2.24, 2.45) is 5.92 Å². The minimum absolute atomic E-state index is 0.0159. The largest absolute Gasteiger partial charge is 0.340 e. The number of aromatic nitrogens is 2. The van der Waals surface area contributed by atoms with Gasteiger partial charge in [-0.2, -0.15) is 34.1 Å². The standard InChI is InChI=1S/C32H41N5O6S2.C32H39N5O6S2/c2*1-34(2)45(42,43)33-31(38)24-13-14-27-28(20-24)37-21-25(32(39)35-15-17-36(18-16-35)44(3,40)41)19-23-11-7-8-12-26(23)30(37)29(27)22-9-5-4-6-10-22/h7-8,11-14,20,22,25H,4-6,9-10,15-19,21H2,1-3H3,(H,33,38);7-8,11-14,19-20,22H,4-6,9-10,15-18,21H2,1-3H3,(H,33,38). The highest BCUT2D eigenvalue weighted by Gasteiger charge is 2.38. The van der Waals surface area contributed by atoms with Crippen LogP contribution in [0.2, 0.25) is 0 Å². The van der Waals surface area contributed by atoms with E-state index in [1.807, 2.05) is 48.5 Å². The van der Waals surface area contributed by atoms with Crippen molar-refractivity contribution >= 4 is 92.0 Å². The first-order valence-electron chi connectivity index (χ1n) is 30.9. The molecular formula is C64H80N10O12S4. The van der Waals surface area contributed by atoms with Crippen molar-refractivity contribution in [2.75, 3.05) is 93.1 Å². The summed E-state index contributed by atoms with van der Waals surface area (Å²) in [7, 11) is -9.22. The van der Waals surface area contributed by atoms with Crippen LogP contribution < -0.4 is 9.44 Å². The van der Waals surface area contributed by atoms with Gasteiger partial charge in [0.05, 0.1) is 36.4 Å². The van der Waals surface area contributed by atoms with Gasteiger partial charge < -0.3 is 18.9 Å². The van der Waals surface area contributed by atoms with Crippen molar-refractivity contribution in [3.63, 3.8) is 0 Å². The van der Waals surface area contributed by atoms with Crippen LogP contribution >= 0.6 is 0 Å². The molecule has 90 heavy (non-hydrogen) atoms. The maximum atomic E-state index is 14.1. The van der Waals surface area contributed by atoms with Crippen LogP contribution in [0.25, 0.3) is 50.4 Å². The lowest BCUT2D eigenvalue weighted by Crippen LogP contribution is -2.52. The smallest absolute Gasteiger partial charge is 0.303 e. The van der Waals surface area contributed by atoms with Crippen molar-refractivity contribution in [3.05, 3.63) is 124 Å². The van der Waals surface area contributed by atoms with E-state index in [9.17, 15) is 52.8 Å². The van der Waals surface area contributed by atoms with E-state index in [1.165, 1.54) is 73.3 Å². The van der Waals surface area contributed by atoms with Crippen molar-refractivity contribution in [1.82, 2.24) is 45.6 Å². The van der Waals surface area contributed by atoms with E-state index in [-0.39, 0.29) is 55.7 Å². The molecule has 22 nitrogen and oxygen atoms in total. The minimum atomic E-state index is -3.99. The van der Waals surface area contributed by atoms with Gasteiger partial charge in [0.1, 0.15) is 0 Å². The van der Waals surface area contributed by atoms with Gasteiger partial charge in [-0.1, -0.05) is 99.2 Å². The number of carbonyl (C=O) groups is 4. The third kappa shape index (κ3) is 13.2. The molecule has 0 spiro atoms. The Bertz CT molecular complexity index is 4300. The molecule has 4 amide bonds. The Morgan fingerprint density at radius 1 is 0.511 bits per heavy atom. The highest BCUT2D eigenvalue weighted by atomic mass is 32.2. The van der Waals surface area contributed by atoms with E-state index in [1.54, 1.807) is 34.1 Å². The van der Waals surface area contributed by atoms with Crippen molar-refractivity contribution < 1.29 is 52.8 Å². The zero-order valence-electron chi connectivity index (χ0n) is 51.9. The molecule has 2 aromatic heterocycles. The Balaban J connectivity index is 0.000000185.